The fourth-order valence-electron chi connectivity index (χ4n) is 1.59. The van der Waals surface area contributed by atoms with Crippen LogP contribution in [0.2, 0.25) is 0 Å². The van der Waals surface area contributed by atoms with Crippen LogP contribution in [0, 0.1) is 6.92 Å². The summed E-state index contributed by atoms with van der Waals surface area (Å²) in [5, 5.41) is 5.41. The van der Waals surface area contributed by atoms with E-state index in [-0.39, 0.29) is 0 Å². The summed E-state index contributed by atoms with van der Waals surface area (Å²) in [5.74, 6) is 0.870. The molecule has 0 atom stereocenters. The topological polar surface area (TPSA) is 30.4 Å². The summed E-state index contributed by atoms with van der Waals surface area (Å²) >= 11 is 3.43. The van der Waals surface area contributed by atoms with Crippen molar-refractivity contribution in [1.29, 1.82) is 0 Å². The van der Waals surface area contributed by atoms with Crippen LogP contribution in [-0.4, -0.2) is 9.61 Å². The molecule has 0 saturated heterocycles. The molecule has 4 heteroatoms. The molecular weight excluding hydrogens is 244 g/mol. The Morgan fingerprint density at radius 1 is 1.43 bits per heavy atom. The van der Waals surface area contributed by atoms with Gasteiger partial charge in [0.1, 0.15) is 5.76 Å². The second-order valence-corrected chi connectivity index (χ2v) is 4.17. The maximum absolute atomic E-state index is 5.56. The Morgan fingerprint density at radius 3 is 3.14 bits per heavy atom. The molecule has 0 amide bonds. The first-order chi connectivity index (χ1) is 6.74. The fraction of sp³-hybridized carbons (Fsp3) is 0.100. The molecule has 2 aromatic heterocycles. The van der Waals surface area contributed by atoms with E-state index in [2.05, 4.69) is 21.0 Å². The van der Waals surface area contributed by atoms with Crippen LogP contribution < -0.4 is 0 Å². The summed E-state index contributed by atoms with van der Waals surface area (Å²) in [5.41, 5.74) is 1.76. The minimum atomic E-state index is 0.804. The van der Waals surface area contributed by atoms with Crippen molar-refractivity contribution in [3.05, 3.63) is 34.6 Å². The van der Waals surface area contributed by atoms with Crippen LogP contribution in [0.25, 0.3) is 16.6 Å². The van der Waals surface area contributed by atoms with Gasteiger partial charge in [-0.15, -0.1) is 0 Å². The number of aryl methyl sites for hydroxylation is 1. The lowest BCUT2D eigenvalue weighted by Gasteiger charge is -1.88. The standard InChI is InChI=1S/C10H7BrN2O/c1-6-5-13-10(14-6)8-4-7(11)2-3-9(8)12-13/h2-5H,1H3. The average molecular weight is 251 g/mol. The van der Waals surface area contributed by atoms with Gasteiger partial charge in [0.15, 0.2) is 0 Å². The third-order valence-corrected chi connectivity index (χ3v) is 2.67. The molecular formula is C10H7BrN2O. The molecule has 0 fully saturated rings. The van der Waals surface area contributed by atoms with Crippen molar-refractivity contribution in [3.63, 3.8) is 0 Å². The largest absolute Gasteiger partial charge is 0.441 e. The van der Waals surface area contributed by atoms with Gasteiger partial charge in [-0.1, -0.05) is 15.9 Å². The highest BCUT2D eigenvalue weighted by Crippen LogP contribution is 2.24. The Balaban J connectivity index is 2.55. The molecule has 0 aliphatic rings. The lowest BCUT2D eigenvalue weighted by atomic mass is 10.3. The first-order valence-electron chi connectivity index (χ1n) is 4.28. The minimum Gasteiger partial charge on any atom is -0.441 e. The Bertz CT molecular complexity index is 623. The quantitative estimate of drug-likeness (QED) is 0.614. The first kappa shape index (κ1) is 8.05. The highest BCUT2D eigenvalue weighted by atomic mass is 79.9. The average Bonchev–Trinajstić information content (AvgIpc) is 2.62. The lowest BCUT2D eigenvalue weighted by Crippen LogP contribution is -1.76. The summed E-state index contributed by atoms with van der Waals surface area (Å²) in [6.07, 6.45) is 1.88. The number of hydrogen-bond acceptors (Lipinski definition) is 2. The number of nitrogens with zero attached hydrogens (tertiary/aromatic N) is 2. The number of fused-ring (bicyclic) bond motifs is 3. The molecule has 3 nitrogen and oxygen atoms in total. The van der Waals surface area contributed by atoms with Crippen LogP contribution in [0.15, 0.2) is 33.3 Å². The van der Waals surface area contributed by atoms with Gasteiger partial charge in [-0.3, -0.25) is 0 Å². The third kappa shape index (κ3) is 1.00. The Kier molecular flexibility index (Phi) is 1.50. The van der Waals surface area contributed by atoms with Crippen molar-refractivity contribution in [3.8, 4) is 0 Å². The van der Waals surface area contributed by atoms with Gasteiger partial charge in [-0.05, 0) is 25.1 Å². The van der Waals surface area contributed by atoms with Gasteiger partial charge in [-0.2, -0.15) is 5.10 Å². The van der Waals surface area contributed by atoms with Crippen molar-refractivity contribution in [2.45, 2.75) is 6.92 Å². The van der Waals surface area contributed by atoms with Crippen molar-refractivity contribution in [1.82, 2.24) is 9.61 Å². The van der Waals surface area contributed by atoms with Gasteiger partial charge in [0.25, 0.3) is 0 Å². The Morgan fingerprint density at radius 2 is 2.29 bits per heavy atom. The number of halogens is 1. The fourth-order valence-corrected chi connectivity index (χ4v) is 1.95. The zero-order chi connectivity index (χ0) is 9.71. The molecule has 0 saturated carbocycles. The van der Waals surface area contributed by atoms with E-state index in [1.165, 1.54) is 0 Å². The van der Waals surface area contributed by atoms with E-state index in [1.807, 2.05) is 31.3 Å². The van der Waals surface area contributed by atoms with Crippen LogP contribution in [0.5, 0.6) is 0 Å². The van der Waals surface area contributed by atoms with Crippen LogP contribution >= 0.6 is 15.9 Å². The van der Waals surface area contributed by atoms with E-state index in [4.69, 9.17) is 4.42 Å². The number of rotatable bonds is 0. The second-order valence-electron chi connectivity index (χ2n) is 3.25. The van der Waals surface area contributed by atoms with Crippen molar-refractivity contribution >= 4 is 32.5 Å². The van der Waals surface area contributed by atoms with Crippen LogP contribution in [0.1, 0.15) is 5.76 Å². The van der Waals surface area contributed by atoms with E-state index >= 15 is 0 Å². The Hall–Kier alpha value is -1.29. The summed E-state index contributed by atoms with van der Waals surface area (Å²) in [7, 11) is 0. The first-order valence-corrected chi connectivity index (χ1v) is 5.07. The second kappa shape index (κ2) is 2.60. The van der Waals surface area contributed by atoms with Gasteiger partial charge in [-0.25, -0.2) is 4.52 Å². The summed E-state index contributed by atoms with van der Waals surface area (Å²) < 4.78 is 8.36. The van der Waals surface area contributed by atoms with E-state index in [0.717, 1.165) is 26.8 Å². The number of oxazole rings is 1. The van der Waals surface area contributed by atoms with Gasteiger partial charge >= 0.3 is 0 Å². The molecule has 2 heterocycles. The minimum absolute atomic E-state index is 0.804. The predicted molar refractivity (Wildman–Crippen MR) is 57.4 cm³/mol. The van der Waals surface area contributed by atoms with E-state index in [1.54, 1.807) is 4.52 Å². The third-order valence-electron chi connectivity index (χ3n) is 2.17. The monoisotopic (exact) mass is 250 g/mol. The number of hydrogen-bond donors (Lipinski definition) is 0. The van der Waals surface area contributed by atoms with E-state index in [0.29, 0.717) is 0 Å². The van der Waals surface area contributed by atoms with Crippen LogP contribution in [-0.2, 0) is 0 Å². The molecule has 0 unspecified atom stereocenters. The zero-order valence-electron chi connectivity index (χ0n) is 7.49. The molecule has 1 aromatic carbocycles. The maximum Gasteiger partial charge on any atom is 0.229 e. The summed E-state index contributed by atoms with van der Waals surface area (Å²) in [6.45, 7) is 1.92. The van der Waals surface area contributed by atoms with Gasteiger partial charge < -0.3 is 4.42 Å². The predicted octanol–water partition coefficient (Wildman–Crippen LogP) is 3.15. The van der Waals surface area contributed by atoms with Crippen molar-refractivity contribution in [2.75, 3.05) is 0 Å². The molecule has 0 aliphatic heterocycles. The molecule has 70 valence electrons. The number of benzene rings is 1. The maximum atomic E-state index is 5.56. The van der Waals surface area contributed by atoms with Crippen molar-refractivity contribution < 1.29 is 4.42 Å². The highest BCUT2D eigenvalue weighted by Gasteiger charge is 2.08. The molecule has 0 bridgehead atoms. The van der Waals surface area contributed by atoms with Crippen LogP contribution in [0.4, 0.5) is 0 Å². The smallest absolute Gasteiger partial charge is 0.229 e. The summed E-state index contributed by atoms with van der Waals surface area (Å²) in [6, 6.07) is 5.96. The molecule has 0 radical (unpaired) electrons. The molecule has 0 aliphatic carbocycles. The summed E-state index contributed by atoms with van der Waals surface area (Å²) in [4.78, 5) is 0. The van der Waals surface area contributed by atoms with Gasteiger partial charge in [0.05, 0.1) is 17.1 Å². The number of aromatic nitrogens is 2. The molecule has 0 spiro atoms. The SMILES string of the molecule is Cc1cn2nc3ccc(Br)cc3c2o1. The van der Waals surface area contributed by atoms with E-state index in [9.17, 15) is 0 Å². The van der Waals surface area contributed by atoms with E-state index < -0.39 is 0 Å². The van der Waals surface area contributed by atoms with Crippen LogP contribution in [0.3, 0.4) is 0 Å². The van der Waals surface area contributed by atoms with Gasteiger partial charge in [0, 0.05) is 4.47 Å². The molecule has 14 heavy (non-hydrogen) atoms. The molecule has 0 N–H and O–H groups in total. The molecule has 3 aromatic rings. The normalized spacial score (nSPS) is 11.6. The zero-order valence-corrected chi connectivity index (χ0v) is 9.08. The van der Waals surface area contributed by atoms with Crippen molar-refractivity contribution in [2.24, 2.45) is 0 Å². The lowest BCUT2D eigenvalue weighted by molar-refractivity contribution is 0.575. The highest BCUT2D eigenvalue weighted by molar-refractivity contribution is 9.10. The van der Waals surface area contributed by atoms with Gasteiger partial charge in [0.2, 0.25) is 5.71 Å². The molecule has 3 rings (SSSR count). The Labute approximate surface area is 88.4 Å².